The van der Waals surface area contributed by atoms with E-state index in [-0.39, 0.29) is 19.6 Å². The molecule has 1 atom stereocenters. The molecule has 2 aromatic rings. The van der Waals surface area contributed by atoms with Crippen LogP contribution in [0.2, 0.25) is 0 Å². The molecule has 0 aliphatic heterocycles. The van der Waals surface area contributed by atoms with E-state index in [9.17, 15) is 19.2 Å². The fraction of sp³-hybridized carbons (Fsp3) is 0.217. The van der Waals surface area contributed by atoms with Gasteiger partial charge in [-0.2, -0.15) is 0 Å². The number of benzene rings is 2. The molecule has 0 saturated carbocycles. The lowest BCUT2D eigenvalue weighted by atomic mass is 10.1. The predicted octanol–water partition coefficient (Wildman–Crippen LogP) is 2.36. The van der Waals surface area contributed by atoms with Crippen molar-refractivity contribution in [1.29, 1.82) is 0 Å². The molecule has 0 bridgehead atoms. The Labute approximate surface area is 185 Å². The van der Waals surface area contributed by atoms with Gasteiger partial charge in [-0.05, 0) is 23.3 Å². The molecule has 168 valence electrons. The second kappa shape index (κ2) is 12.5. The van der Waals surface area contributed by atoms with Crippen molar-refractivity contribution < 1.29 is 33.4 Å². The molecule has 2 aromatic carbocycles. The Morgan fingerprint density at radius 2 is 1.66 bits per heavy atom. The Morgan fingerprint density at radius 3 is 2.28 bits per heavy atom. The number of methoxy groups -OCH3 is 1. The number of ether oxygens (including phenoxy) is 3. The van der Waals surface area contributed by atoms with Crippen LogP contribution in [0.5, 0.6) is 0 Å². The Balaban J connectivity index is 1.92. The van der Waals surface area contributed by atoms with Crippen LogP contribution in [0.1, 0.15) is 11.1 Å². The van der Waals surface area contributed by atoms with Gasteiger partial charge in [0.05, 0.1) is 7.11 Å². The smallest absolute Gasteiger partial charge is 0.407 e. The molecule has 0 aliphatic rings. The van der Waals surface area contributed by atoms with E-state index in [2.05, 4.69) is 21.9 Å². The maximum atomic E-state index is 12.2. The molecule has 0 aromatic heterocycles. The summed E-state index contributed by atoms with van der Waals surface area (Å²) in [5.41, 5.74) is 1.80. The minimum absolute atomic E-state index is 0.00350. The SMILES string of the molecule is C=CCOC(=O)[C@H](Cc1ccc(NC(=O)C(=O)OCc2ccccc2)cc1)NC(=O)OC. The van der Waals surface area contributed by atoms with Crippen molar-refractivity contribution >= 4 is 29.6 Å². The number of carbonyl (C=O) groups excluding carboxylic acids is 4. The Bertz CT molecular complexity index is 943. The molecule has 0 heterocycles. The van der Waals surface area contributed by atoms with E-state index in [1.165, 1.54) is 13.2 Å². The third-order valence-electron chi connectivity index (χ3n) is 4.16. The van der Waals surface area contributed by atoms with E-state index in [1.807, 2.05) is 6.07 Å². The monoisotopic (exact) mass is 440 g/mol. The van der Waals surface area contributed by atoms with Gasteiger partial charge in [-0.25, -0.2) is 14.4 Å². The Hall–Kier alpha value is -4.14. The molecule has 32 heavy (non-hydrogen) atoms. The lowest BCUT2D eigenvalue weighted by molar-refractivity contribution is -0.153. The van der Waals surface area contributed by atoms with Crippen molar-refractivity contribution in [3.8, 4) is 0 Å². The van der Waals surface area contributed by atoms with Crippen LogP contribution < -0.4 is 10.6 Å². The van der Waals surface area contributed by atoms with E-state index < -0.39 is 30.0 Å². The highest BCUT2D eigenvalue weighted by atomic mass is 16.5. The lowest BCUT2D eigenvalue weighted by Crippen LogP contribution is -2.43. The first-order valence-electron chi connectivity index (χ1n) is 9.66. The van der Waals surface area contributed by atoms with Crippen molar-refractivity contribution in [3.63, 3.8) is 0 Å². The van der Waals surface area contributed by atoms with E-state index in [0.717, 1.165) is 5.56 Å². The molecular weight excluding hydrogens is 416 g/mol. The molecule has 0 aliphatic carbocycles. The second-order valence-electron chi connectivity index (χ2n) is 6.52. The van der Waals surface area contributed by atoms with Crippen LogP contribution in [0.3, 0.4) is 0 Å². The van der Waals surface area contributed by atoms with E-state index in [0.29, 0.717) is 11.3 Å². The van der Waals surface area contributed by atoms with Crippen molar-refractivity contribution in [1.82, 2.24) is 5.32 Å². The fourth-order valence-electron chi connectivity index (χ4n) is 2.57. The van der Waals surface area contributed by atoms with Gasteiger partial charge >= 0.3 is 23.9 Å². The summed E-state index contributed by atoms with van der Waals surface area (Å²) in [6.45, 7) is 3.46. The highest BCUT2D eigenvalue weighted by molar-refractivity contribution is 6.37. The fourth-order valence-corrected chi connectivity index (χ4v) is 2.57. The number of anilines is 1. The van der Waals surface area contributed by atoms with Crippen LogP contribution >= 0.6 is 0 Å². The average Bonchev–Trinajstić information content (AvgIpc) is 2.82. The van der Waals surface area contributed by atoms with E-state index in [1.54, 1.807) is 48.5 Å². The summed E-state index contributed by atoms with van der Waals surface area (Å²) in [5.74, 6) is -2.56. The van der Waals surface area contributed by atoms with E-state index >= 15 is 0 Å². The van der Waals surface area contributed by atoms with Gasteiger partial charge in [-0.15, -0.1) is 0 Å². The number of nitrogens with one attached hydrogen (secondary N) is 2. The van der Waals surface area contributed by atoms with Crippen LogP contribution in [-0.4, -0.2) is 43.7 Å². The summed E-state index contributed by atoms with van der Waals surface area (Å²) < 4.78 is 14.5. The Morgan fingerprint density at radius 1 is 0.969 bits per heavy atom. The quantitative estimate of drug-likeness (QED) is 0.266. The summed E-state index contributed by atoms with van der Waals surface area (Å²) in [6, 6.07) is 14.4. The number of rotatable bonds is 9. The largest absolute Gasteiger partial charge is 0.460 e. The molecule has 0 saturated heterocycles. The van der Waals surface area contributed by atoms with Crippen molar-refractivity contribution in [2.75, 3.05) is 19.0 Å². The van der Waals surface area contributed by atoms with Crippen LogP contribution in [0.25, 0.3) is 0 Å². The first kappa shape index (κ1) is 24.1. The lowest BCUT2D eigenvalue weighted by Gasteiger charge is -2.17. The summed E-state index contributed by atoms with van der Waals surface area (Å²) in [4.78, 5) is 47.6. The summed E-state index contributed by atoms with van der Waals surface area (Å²) in [5, 5.41) is 4.86. The maximum absolute atomic E-state index is 12.2. The summed E-state index contributed by atoms with van der Waals surface area (Å²) in [7, 11) is 1.18. The molecule has 9 heteroatoms. The third kappa shape index (κ3) is 7.94. The molecule has 9 nitrogen and oxygen atoms in total. The molecule has 2 rings (SSSR count). The highest BCUT2D eigenvalue weighted by Crippen LogP contribution is 2.12. The normalized spacial score (nSPS) is 10.9. The zero-order chi connectivity index (χ0) is 23.3. The van der Waals surface area contributed by atoms with Gasteiger partial charge in [0.15, 0.2) is 0 Å². The highest BCUT2D eigenvalue weighted by Gasteiger charge is 2.23. The standard InChI is InChI=1S/C23H24N2O7/c1-3-13-31-21(27)19(25-23(29)30-2)14-16-9-11-18(12-10-16)24-20(26)22(28)32-15-17-7-5-4-6-8-17/h3-12,19H,1,13-15H2,2H3,(H,24,26)(H,25,29)/t19-/m0/s1. The number of hydrogen-bond donors (Lipinski definition) is 2. The molecule has 0 radical (unpaired) electrons. The van der Waals surface area contributed by atoms with Gasteiger partial charge in [0, 0.05) is 12.1 Å². The van der Waals surface area contributed by atoms with E-state index in [4.69, 9.17) is 9.47 Å². The van der Waals surface area contributed by atoms with Crippen LogP contribution in [-0.2, 0) is 41.6 Å². The molecule has 0 unspecified atom stereocenters. The first-order chi connectivity index (χ1) is 15.4. The van der Waals surface area contributed by atoms with Gasteiger partial charge < -0.3 is 24.8 Å². The topological polar surface area (TPSA) is 120 Å². The number of hydrogen-bond acceptors (Lipinski definition) is 7. The number of amides is 2. The first-order valence-corrected chi connectivity index (χ1v) is 9.66. The molecule has 0 spiro atoms. The second-order valence-corrected chi connectivity index (χ2v) is 6.52. The zero-order valence-electron chi connectivity index (χ0n) is 17.5. The van der Waals surface area contributed by atoms with Crippen molar-refractivity contribution in [3.05, 3.63) is 78.4 Å². The van der Waals surface area contributed by atoms with Crippen molar-refractivity contribution in [2.24, 2.45) is 0 Å². The van der Waals surface area contributed by atoms with Gasteiger partial charge in [0.2, 0.25) is 0 Å². The molecule has 2 N–H and O–H groups in total. The minimum atomic E-state index is -1.01. The van der Waals surface area contributed by atoms with Crippen LogP contribution in [0.15, 0.2) is 67.3 Å². The third-order valence-corrected chi connectivity index (χ3v) is 4.16. The average molecular weight is 440 g/mol. The van der Waals surface area contributed by atoms with Crippen LogP contribution in [0, 0.1) is 0 Å². The summed E-state index contributed by atoms with van der Waals surface area (Å²) in [6.07, 6.45) is 0.761. The molecular formula is C23H24N2O7. The van der Waals surface area contributed by atoms with Gasteiger partial charge in [0.1, 0.15) is 19.3 Å². The maximum Gasteiger partial charge on any atom is 0.407 e. The number of carbonyl (C=O) groups is 4. The number of esters is 2. The predicted molar refractivity (Wildman–Crippen MR) is 115 cm³/mol. The van der Waals surface area contributed by atoms with Crippen molar-refractivity contribution in [2.45, 2.75) is 19.1 Å². The van der Waals surface area contributed by atoms with Gasteiger partial charge in [-0.3, -0.25) is 4.79 Å². The summed E-state index contributed by atoms with van der Waals surface area (Å²) >= 11 is 0. The zero-order valence-corrected chi connectivity index (χ0v) is 17.5. The van der Waals surface area contributed by atoms with Crippen LogP contribution in [0.4, 0.5) is 10.5 Å². The van der Waals surface area contributed by atoms with Gasteiger partial charge in [-0.1, -0.05) is 55.1 Å². The van der Waals surface area contributed by atoms with Gasteiger partial charge in [0.25, 0.3) is 0 Å². The molecule has 2 amide bonds. The number of alkyl carbamates (subject to hydrolysis) is 1. The Kier molecular flexibility index (Phi) is 9.45. The molecule has 0 fully saturated rings. The minimum Gasteiger partial charge on any atom is -0.460 e.